The summed E-state index contributed by atoms with van der Waals surface area (Å²) >= 11 is 6.68. The Bertz CT molecular complexity index is 795. The van der Waals surface area contributed by atoms with Gasteiger partial charge in [0.25, 0.3) is 5.56 Å². The number of hydrogen-bond acceptors (Lipinski definition) is 2. The second-order valence-corrected chi connectivity index (χ2v) is 5.23. The first-order valence-electron chi connectivity index (χ1n) is 4.93. The molecule has 2 heterocycles. The molecular formula is C12H6Br2N2O. The topological polar surface area (TPSA) is 45.8 Å². The van der Waals surface area contributed by atoms with Crippen molar-refractivity contribution >= 4 is 53.7 Å². The summed E-state index contributed by atoms with van der Waals surface area (Å²) < 4.78 is 1.25. The molecule has 1 N–H and O–H groups in total. The lowest BCUT2D eigenvalue weighted by Crippen LogP contribution is -2.07. The Morgan fingerprint density at radius 2 is 1.94 bits per heavy atom. The third kappa shape index (κ3) is 1.61. The fourth-order valence-electron chi connectivity index (χ4n) is 1.84. The van der Waals surface area contributed by atoms with Crippen LogP contribution in [0.3, 0.4) is 0 Å². The fraction of sp³-hybridized carbons (Fsp3) is 0. The van der Waals surface area contributed by atoms with Gasteiger partial charge in [0.2, 0.25) is 0 Å². The number of benzene rings is 1. The largest absolute Gasteiger partial charge is 0.319 e. The molecule has 0 atom stereocenters. The number of hydrogen-bond donors (Lipinski definition) is 1. The summed E-state index contributed by atoms with van der Waals surface area (Å²) in [5.74, 6) is 0. The van der Waals surface area contributed by atoms with Crippen LogP contribution in [0, 0.1) is 0 Å². The van der Waals surface area contributed by atoms with Gasteiger partial charge >= 0.3 is 0 Å². The molecule has 0 fully saturated rings. The smallest absolute Gasteiger partial charge is 0.263 e. The Hall–Kier alpha value is -1.20. The quantitative estimate of drug-likeness (QED) is 0.627. The van der Waals surface area contributed by atoms with Gasteiger partial charge in [-0.15, -0.1) is 0 Å². The molecule has 0 aliphatic rings. The van der Waals surface area contributed by atoms with E-state index in [1.54, 1.807) is 6.20 Å². The van der Waals surface area contributed by atoms with E-state index < -0.39 is 0 Å². The highest BCUT2D eigenvalue weighted by Gasteiger charge is 2.10. The predicted molar refractivity (Wildman–Crippen MR) is 75.3 cm³/mol. The lowest BCUT2D eigenvalue weighted by molar-refractivity contribution is 1.27. The van der Waals surface area contributed by atoms with E-state index in [0.29, 0.717) is 4.47 Å². The Morgan fingerprint density at radius 3 is 2.76 bits per heavy atom. The number of aromatic nitrogens is 2. The second-order valence-electron chi connectivity index (χ2n) is 3.65. The van der Waals surface area contributed by atoms with Gasteiger partial charge in [-0.05, 0) is 37.9 Å². The molecule has 0 spiro atoms. The summed E-state index contributed by atoms with van der Waals surface area (Å²) in [7, 11) is 0. The van der Waals surface area contributed by atoms with Crippen LogP contribution < -0.4 is 5.56 Å². The first kappa shape index (κ1) is 10.9. The lowest BCUT2D eigenvalue weighted by atomic mass is 10.1. The number of fused-ring (bicyclic) bond motifs is 3. The molecule has 0 aliphatic carbocycles. The molecule has 0 unspecified atom stereocenters. The van der Waals surface area contributed by atoms with Crippen LogP contribution in [-0.2, 0) is 0 Å². The van der Waals surface area contributed by atoms with Gasteiger partial charge in [0.15, 0.2) is 0 Å². The predicted octanol–water partition coefficient (Wildman–Crippen LogP) is 3.60. The van der Waals surface area contributed by atoms with Crippen LogP contribution in [0.25, 0.3) is 21.8 Å². The summed E-state index contributed by atoms with van der Waals surface area (Å²) in [6, 6.07) is 7.79. The molecule has 84 valence electrons. The highest BCUT2D eigenvalue weighted by atomic mass is 79.9. The molecular weight excluding hydrogens is 348 g/mol. The molecule has 5 heteroatoms. The summed E-state index contributed by atoms with van der Waals surface area (Å²) in [5.41, 5.74) is 1.39. The molecule has 0 radical (unpaired) electrons. The van der Waals surface area contributed by atoms with Crippen LogP contribution in [0.4, 0.5) is 0 Å². The van der Waals surface area contributed by atoms with Crippen LogP contribution >= 0.6 is 31.9 Å². The molecule has 0 saturated carbocycles. The molecule has 0 amide bonds. The van der Waals surface area contributed by atoms with Gasteiger partial charge in [0, 0.05) is 21.4 Å². The fourth-order valence-corrected chi connectivity index (χ4v) is 2.66. The third-order valence-electron chi connectivity index (χ3n) is 2.64. The van der Waals surface area contributed by atoms with E-state index in [1.807, 2.05) is 24.3 Å². The van der Waals surface area contributed by atoms with Gasteiger partial charge in [-0.25, -0.2) is 0 Å². The number of nitrogens with zero attached hydrogens (tertiary/aromatic N) is 1. The zero-order chi connectivity index (χ0) is 12.0. The van der Waals surface area contributed by atoms with E-state index in [1.165, 1.54) is 0 Å². The highest BCUT2D eigenvalue weighted by molar-refractivity contribution is 9.13. The average Bonchev–Trinajstić information content (AvgIpc) is 2.36. The maximum absolute atomic E-state index is 11.7. The Morgan fingerprint density at radius 1 is 1.12 bits per heavy atom. The number of aromatic amines is 1. The third-order valence-corrected chi connectivity index (χ3v) is 4.75. The van der Waals surface area contributed by atoms with E-state index >= 15 is 0 Å². The first-order chi connectivity index (χ1) is 8.18. The Labute approximate surface area is 113 Å². The molecule has 2 aromatic heterocycles. The molecule has 0 saturated heterocycles. The number of nitrogens with one attached hydrogen (secondary N) is 1. The van der Waals surface area contributed by atoms with E-state index in [0.717, 1.165) is 26.3 Å². The number of halogens is 2. The molecule has 0 aliphatic heterocycles. The van der Waals surface area contributed by atoms with Gasteiger partial charge < -0.3 is 4.98 Å². The van der Waals surface area contributed by atoms with E-state index in [9.17, 15) is 4.79 Å². The van der Waals surface area contributed by atoms with Gasteiger partial charge in [0.1, 0.15) is 0 Å². The first-order valence-corrected chi connectivity index (χ1v) is 6.52. The summed E-state index contributed by atoms with van der Waals surface area (Å²) in [6.07, 6.45) is 1.72. The zero-order valence-electron chi connectivity index (χ0n) is 8.50. The van der Waals surface area contributed by atoms with Crippen molar-refractivity contribution in [1.82, 2.24) is 9.97 Å². The second kappa shape index (κ2) is 3.92. The number of rotatable bonds is 0. The van der Waals surface area contributed by atoms with Gasteiger partial charge in [-0.1, -0.05) is 18.2 Å². The van der Waals surface area contributed by atoms with Crippen LogP contribution in [0.5, 0.6) is 0 Å². The Balaban J connectivity index is 2.64. The minimum absolute atomic E-state index is 0.164. The van der Waals surface area contributed by atoms with Gasteiger partial charge in [-0.3, -0.25) is 9.78 Å². The molecule has 3 nitrogen and oxygen atoms in total. The maximum atomic E-state index is 11.7. The van der Waals surface area contributed by atoms with Crippen LogP contribution in [-0.4, -0.2) is 9.97 Å². The van der Waals surface area contributed by atoms with E-state index in [-0.39, 0.29) is 5.56 Å². The molecule has 0 bridgehead atoms. The standard InChI is InChI=1S/C12H6Br2N2O/c13-8-7-4-3-6-2-1-5-15-10(6)11(7)16-12(17)9(8)14/h1-5H,(H,16,17). The summed E-state index contributed by atoms with van der Waals surface area (Å²) in [4.78, 5) is 18.9. The molecule has 3 aromatic rings. The lowest BCUT2D eigenvalue weighted by Gasteiger charge is -2.05. The minimum atomic E-state index is -0.164. The van der Waals surface area contributed by atoms with Crippen LogP contribution in [0.2, 0.25) is 0 Å². The van der Waals surface area contributed by atoms with Crippen LogP contribution in [0.1, 0.15) is 0 Å². The van der Waals surface area contributed by atoms with Crippen molar-refractivity contribution in [1.29, 1.82) is 0 Å². The molecule has 1 aromatic carbocycles. The summed E-state index contributed by atoms with van der Waals surface area (Å²) in [5, 5.41) is 1.94. The molecule has 17 heavy (non-hydrogen) atoms. The van der Waals surface area contributed by atoms with Crippen molar-refractivity contribution in [3.8, 4) is 0 Å². The normalized spacial score (nSPS) is 11.2. The Kier molecular flexibility index (Phi) is 2.52. The SMILES string of the molecule is O=c1[nH]c2c(ccc3cccnc32)c(Br)c1Br. The van der Waals surface area contributed by atoms with Crippen molar-refractivity contribution in [2.75, 3.05) is 0 Å². The van der Waals surface area contributed by atoms with Crippen molar-refractivity contribution in [3.63, 3.8) is 0 Å². The van der Waals surface area contributed by atoms with Crippen LogP contribution in [0.15, 0.2) is 44.2 Å². The van der Waals surface area contributed by atoms with Crippen molar-refractivity contribution in [2.45, 2.75) is 0 Å². The van der Waals surface area contributed by atoms with Crippen molar-refractivity contribution in [3.05, 3.63) is 49.8 Å². The highest BCUT2D eigenvalue weighted by Crippen LogP contribution is 2.30. The van der Waals surface area contributed by atoms with Gasteiger partial charge in [0.05, 0.1) is 15.5 Å². The minimum Gasteiger partial charge on any atom is -0.319 e. The number of H-pyrrole nitrogens is 1. The zero-order valence-corrected chi connectivity index (χ0v) is 11.7. The molecule has 3 rings (SSSR count). The summed E-state index contributed by atoms with van der Waals surface area (Å²) in [6.45, 7) is 0. The maximum Gasteiger partial charge on any atom is 0.263 e. The average molecular weight is 354 g/mol. The van der Waals surface area contributed by atoms with Crippen molar-refractivity contribution in [2.24, 2.45) is 0 Å². The van der Waals surface area contributed by atoms with E-state index in [2.05, 4.69) is 41.8 Å². The van der Waals surface area contributed by atoms with Gasteiger partial charge in [-0.2, -0.15) is 0 Å². The van der Waals surface area contributed by atoms with E-state index in [4.69, 9.17) is 0 Å². The van der Waals surface area contributed by atoms with Crippen molar-refractivity contribution < 1.29 is 0 Å². The monoisotopic (exact) mass is 352 g/mol. The number of pyridine rings is 2.